The number of nitrogens with one attached hydrogen (secondary N) is 1. The summed E-state index contributed by atoms with van der Waals surface area (Å²) in [4.78, 5) is 40.8. The summed E-state index contributed by atoms with van der Waals surface area (Å²) < 4.78 is 62.3. The van der Waals surface area contributed by atoms with Crippen LogP contribution in [0.15, 0.2) is 41.3 Å². The van der Waals surface area contributed by atoms with Crippen LogP contribution in [0.3, 0.4) is 0 Å². The second-order valence-electron chi connectivity index (χ2n) is 8.54. The van der Waals surface area contributed by atoms with Gasteiger partial charge in [0.15, 0.2) is 11.4 Å². The van der Waals surface area contributed by atoms with Gasteiger partial charge in [-0.05, 0) is 25.0 Å². The molecular weight excluding hydrogens is 482 g/mol. The lowest BCUT2D eigenvalue weighted by atomic mass is 10.0. The van der Waals surface area contributed by atoms with E-state index in [0.29, 0.717) is 36.2 Å². The third-order valence-corrected chi connectivity index (χ3v) is 6.52. The molecule has 36 heavy (non-hydrogen) atoms. The lowest BCUT2D eigenvalue weighted by Crippen LogP contribution is -2.45. The number of ether oxygens (including phenoxy) is 1. The van der Waals surface area contributed by atoms with Crippen molar-refractivity contribution >= 4 is 17.5 Å². The van der Waals surface area contributed by atoms with Crippen molar-refractivity contribution in [1.82, 2.24) is 9.88 Å². The molecule has 1 aromatic heterocycles. The number of methoxy groups -OCH3 is 1. The minimum Gasteiger partial charge on any atom is -0.491 e. The normalized spacial score (nSPS) is 16.2. The molecule has 0 saturated carbocycles. The Morgan fingerprint density at radius 1 is 1.11 bits per heavy atom. The lowest BCUT2D eigenvalue weighted by Gasteiger charge is -2.35. The highest BCUT2D eigenvalue weighted by atomic mass is 19.1. The fourth-order valence-electron chi connectivity index (χ4n) is 4.77. The molecule has 0 radical (unpaired) electrons. The van der Waals surface area contributed by atoms with Crippen LogP contribution < -0.4 is 20.4 Å². The van der Waals surface area contributed by atoms with E-state index in [2.05, 4.69) is 5.32 Å². The molecule has 0 aliphatic carbocycles. The summed E-state index contributed by atoms with van der Waals surface area (Å²) in [6.07, 6.45) is 1.93. The molecule has 5 rings (SSSR count). The quantitative estimate of drug-likeness (QED) is 0.556. The smallest absolute Gasteiger partial charge is 0.279 e. The van der Waals surface area contributed by atoms with Gasteiger partial charge in [-0.2, -0.15) is 0 Å². The molecule has 0 fully saturated rings. The number of hydrogen-bond acceptors (Lipinski definition) is 4. The predicted molar refractivity (Wildman–Crippen MR) is 120 cm³/mol. The van der Waals surface area contributed by atoms with Gasteiger partial charge in [0.1, 0.15) is 28.8 Å². The van der Waals surface area contributed by atoms with E-state index in [1.165, 1.54) is 34.9 Å². The number of halogens is 4. The number of pyridine rings is 1. The summed E-state index contributed by atoms with van der Waals surface area (Å²) >= 11 is 0. The molecule has 0 saturated heterocycles. The van der Waals surface area contributed by atoms with Crippen molar-refractivity contribution in [2.45, 2.75) is 25.4 Å². The van der Waals surface area contributed by atoms with Crippen molar-refractivity contribution in [2.75, 3.05) is 18.6 Å². The number of carbonyl (C=O) groups excluding carboxylic acids is 2. The molecule has 1 atom stereocenters. The van der Waals surface area contributed by atoms with Gasteiger partial charge in [0.2, 0.25) is 5.43 Å². The highest BCUT2D eigenvalue weighted by Gasteiger charge is 2.39. The number of rotatable bonds is 4. The number of hydrogen-bond donors (Lipinski definition) is 1. The SMILES string of the molecule is COc1c2n(cc(C(=O)NCc3c(F)cc(F)cc3F)c1=O)C1CCc3c(F)cccc3N(C1)C2=O. The Bertz CT molecular complexity index is 1460. The van der Waals surface area contributed by atoms with Gasteiger partial charge in [-0.1, -0.05) is 6.07 Å². The van der Waals surface area contributed by atoms with Crippen molar-refractivity contribution < 1.29 is 31.9 Å². The zero-order valence-electron chi connectivity index (χ0n) is 18.9. The van der Waals surface area contributed by atoms with E-state index in [1.54, 1.807) is 6.07 Å². The van der Waals surface area contributed by atoms with E-state index in [0.717, 1.165) is 0 Å². The second kappa shape index (κ2) is 8.81. The number of carbonyl (C=O) groups is 2. The molecule has 2 aliphatic rings. The molecule has 3 heterocycles. The maximum atomic E-state index is 14.5. The Hall–Kier alpha value is -4.15. The molecule has 1 unspecified atom stereocenters. The van der Waals surface area contributed by atoms with Crippen LogP contribution in [-0.2, 0) is 13.0 Å². The van der Waals surface area contributed by atoms with Crippen LogP contribution in [0.5, 0.6) is 5.75 Å². The number of fused-ring (bicyclic) bond motifs is 6. The van der Waals surface area contributed by atoms with Gasteiger partial charge in [0, 0.05) is 42.5 Å². The Kier molecular flexibility index (Phi) is 5.77. The maximum Gasteiger partial charge on any atom is 0.279 e. The Morgan fingerprint density at radius 2 is 1.83 bits per heavy atom. The topological polar surface area (TPSA) is 80.6 Å². The average molecular weight is 501 g/mol. The standard InChI is InChI=1S/C25H19F4N3O4/c1-36-23-21-25(35)32-10-13(5-6-14-17(27)3-2-4-20(14)32)31(21)11-16(22(23)33)24(34)30-9-15-18(28)7-12(26)8-19(15)29/h2-4,7-8,11,13H,5-6,9-10H2,1H3,(H,30,34). The van der Waals surface area contributed by atoms with Gasteiger partial charge < -0.3 is 19.5 Å². The van der Waals surface area contributed by atoms with Crippen LogP contribution in [0.25, 0.3) is 0 Å². The highest BCUT2D eigenvalue weighted by molar-refractivity contribution is 6.08. The first kappa shape index (κ1) is 23.6. The first-order valence-corrected chi connectivity index (χ1v) is 11.0. The van der Waals surface area contributed by atoms with Crippen LogP contribution >= 0.6 is 0 Å². The number of benzene rings is 2. The number of nitrogens with zero attached hydrogens (tertiary/aromatic N) is 2. The summed E-state index contributed by atoms with van der Waals surface area (Å²) in [7, 11) is 1.18. The molecule has 11 heteroatoms. The first-order chi connectivity index (χ1) is 17.2. The highest BCUT2D eigenvalue weighted by Crippen LogP contribution is 2.38. The molecule has 1 N–H and O–H groups in total. The molecular formula is C25H19F4N3O4. The van der Waals surface area contributed by atoms with Crippen molar-refractivity contribution in [3.63, 3.8) is 0 Å². The average Bonchev–Trinajstić information content (AvgIpc) is 3.00. The molecule has 2 aliphatic heterocycles. The van der Waals surface area contributed by atoms with E-state index in [4.69, 9.17) is 4.74 Å². The summed E-state index contributed by atoms with van der Waals surface area (Å²) in [5.41, 5.74) is -1.17. The summed E-state index contributed by atoms with van der Waals surface area (Å²) in [6.45, 7) is -0.466. The summed E-state index contributed by atoms with van der Waals surface area (Å²) in [5.74, 6) is -5.86. The fraction of sp³-hybridized carbons (Fsp3) is 0.240. The molecule has 0 spiro atoms. The molecule has 3 aromatic rings. The monoisotopic (exact) mass is 501 g/mol. The van der Waals surface area contributed by atoms with Gasteiger partial charge >= 0.3 is 0 Å². The number of anilines is 1. The molecule has 186 valence electrons. The van der Waals surface area contributed by atoms with Crippen LogP contribution in [0.1, 0.15) is 44.4 Å². The van der Waals surface area contributed by atoms with Gasteiger partial charge in [0.05, 0.1) is 18.8 Å². The van der Waals surface area contributed by atoms with E-state index in [-0.39, 0.29) is 18.0 Å². The number of aromatic nitrogens is 1. The third kappa shape index (κ3) is 3.71. The predicted octanol–water partition coefficient (Wildman–Crippen LogP) is 3.49. The maximum absolute atomic E-state index is 14.5. The van der Waals surface area contributed by atoms with Crippen LogP contribution in [0.4, 0.5) is 23.2 Å². The largest absolute Gasteiger partial charge is 0.491 e. The zero-order valence-corrected chi connectivity index (χ0v) is 18.9. The van der Waals surface area contributed by atoms with Gasteiger partial charge in [0.25, 0.3) is 11.8 Å². The van der Waals surface area contributed by atoms with Crippen molar-refractivity contribution in [2.24, 2.45) is 0 Å². The van der Waals surface area contributed by atoms with Gasteiger partial charge in [-0.3, -0.25) is 14.4 Å². The Balaban J connectivity index is 1.54. The van der Waals surface area contributed by atoms with Gasteiger partial charge in [-0.25, -0.2) is 17.6 Å². The van der Waals surface area contributed by atoms with Gasteiger partial charge in [-0.15, -0.1) is 0 Å². The van der Waals surface area contributed by atoms with E-state index in [1.807, 2.05) is 0 Å². The number of amides is 2. The van der Waals surface area contributed by atoms with Crippen LogP contribution in [0.2, 0.25) is 0 Å². The minimum atomic E-state index is -1.19. The van der Waals surface area contributed by atoms with E-state index < -0.39 is 64.2 Å². The van der Waals surface area contributed by atoms with E-state index in [9.17, 15) is 31.9 Å². The second-order valence-corrected chi connectivity index (χ2v) is 8.54. The lowest BCUT2D eigenvalue weighted by molar-refractivity contribution is 0.0929. The van der Waals surface area contributed by atoms with Crippen LogP contribution in [-0.4, -0.2) is 30.0 Å². The minimum absolute atomic E-state index is 0.0805. The summed E-state index contributed by atoms with van der Waals surface area (Å²) in [5, 5.41) is 2.26. The van der Waals surface area contributed by atoms with Crippen LogP contribution in [0, 0.1) is 23.3 Å². The molecule has 7 nitrogen and oxygen atoms in total. The molecule has 2 bridgehead atoms. The van der Waals surface area contributed by atoms with Crippen molar-refractivity contribution in [1.29, 1.82) is 0 Å². The Morgan fingerprint density at radius 3 is 2.53 bits per heavy atom. The molecule has 2 amide bonds. The first-order valence-electron chi connectivity index (χ1n) is 11.0. The van der Waals surface area contributed by atoms with Crippen molar-refractivity contribution in [3.05, 3.63) is 92.4 Å². The Labute approximate surface area is 201 Å². The summed E-state index contributed by atoms with van der Waals surface area (Å²) in [6, 6.07) is 5.00. The fourth-order valence-corrected chi connectivity index (χ4v) is 4.77. The zero-order chi connectivity index (χ0) is 25.7. The third-order valence-electron chi connectivity index (χ3n) is 6.52. The van der Waals surface area contributed by atoms with Crippen molar-refractivity contribution in [3.8, 4) is 5.75 Å². The van der Waals surface area contributed by atoms with E-state index >= 15 is 0 Å². The molecule has 2 aromatic carbocycles.